The fourth-order valence-electron chi connectivity index (χ4n) is 2.43. The van der Waals surface area contributed by atoms with E-state index in [9.17, 15) is 0 Å². The normalized spacial score (nSPS) is 11.2. The van der Waals surface area contributed by atoms with E-state index in [2.05, 4.69) is 12.1 Å². The van der Waals surface area contributed by atoms with Crippen molar-refractivity contribution < 1.29 is 9.47 Å². The second-order valence-corrected chi connectivity index (χ2v) is 5.25. The van der Waals surface area contributed by atoms with E-state index in [1.807, 2.05) is 66.7 Å². The second-order valence-electron chi connectivity index (χ2n) is 5.25. The molecule has 0 atom stereocenters. The quantitative estimate of drug-likeness (QED) is 0.628. The Labute approximate surface area is 142 Å². The fourth-order valence-corrected chi connectivity index (χ4v) is 2.43. The molecule has 3 rings (SSSR count). The number of hydrogen-bond acceptors (Lipinski definition) is 3. The first kappa shape index (κ1) is 15.8. The molecule has 0 fully saturated rings. The van der Waals surface area contributed by atoms with E-state index in [1.54, 1.807) is 14.2 Å². The van der Waals surface area contributed by atoms with Crippen LogP contribution in [0.15, 0.2) is 83.9 Å². The highest BCUT2D eigenvalue weighted by Gasteiger charge is 2.07. The Balaban J connectivity index is 2.05. The van der Waals surface area contributed by atoms with Gasteiger partial charge in [0.1, 0.15) is 11.5 Å². The molecule has 0 saturated carbocycles. The molecule has 3 nitrogen and oxygen atoms in total. The van der Waals surface area contributed by atoms with Crippen LogP contribution < -0.4 is 9.47 Å². The van der Waals surface area contributed by atoms with Gasteiger partial charge in [-0.25, -0.2) is 4.99 Å². The molecule has 0 saturated heterocycles. The van der Waals surface area contributed by atoms with Gasteiger partial charge in [0.15, 0.2) is 0 Å². The summed E-state index contributed by atoms with van der Waals surface area (Å²) >= 11 is 0. The van der Waals surface area contributed by atoms with Crippen molar-refractivity contribution in [2.45, 2.75) is 0 Å². The summed E-state index contributed by atoms with van der Waals surface area (Å²) in [5, 5.41) is 0. The number of ether oxygens (including phenoxy) is 2. The van der Waals surface area contributed by atoms with Crippen molar-refractivity contribution in [2.75, 3.05) is 14.2 Å². The van der Waals surface area contributed by atoms with Crippen LogP contribution in [0.3, 0.4) is 0 Å². The highest BCUT2D eigenvalue weighted by atomic mass is 16.5. The van der Waals surface area contributed by atoms with E-state index in [4.69, 9.17) is 14.5 Å². The van der Waals surface area contributed by atoms with Gasteiger partial charge in [-0.3, -0.25) is 0 Å². The topological polar surface area (TPSA) is 30.8 Å². The largest absolute Gasteiger partial charge is 0.497 e. The van der Waals surface area contributed by atoms with Gasteiger partial charge in [-0.05, 0) is 48.5 Å². The van der Waals surface area contributed by atoms with Gasteiger partial charge in [0.25, 0.3) is 0 Å². The molecule has 0 unspecified atom stereocenters. The molecule has 0 heterocycles. The number of benzene rings is 3. The van der Waals surface area contributed by atoms with Gasteiger partial charge in [0, 0.05) is 11.1 Å². The maximum Gasteiger partial charge on any atom is 0.119 e. The van der Waals surface area contributed by atoms with Crippen molar-refractivity contribution in [1.29, 1.82) is 0 Å². The Morgan fingerprint density at radius 2 is 1.12 bits per heavy atom. The summed E-state index contributed by atoms with van der Waals surface area (Å²) in [4.78, 5) is 4.85. The highest BCUT2D eigenvalue weighted by molar-refractivity contribution is 6.14. The molecule has 24 heavy (non-hydrogen) atoms. The molecule has 120 valence electrons. The highest BCUT2D eigenvalue weighted by Crippen LogP contribution is 2.22. The average Bonchev–Trinajstić information content (AvgIpc) is 2.67. The summed E-state index contributed by atoms with van der Waals surface area (Å²) in [5.41, 5.74) is 3.91. The fraction of sp³-hybridized carbons (Fsp3) is 0.0952. The van der Waals surface area contributed by atoms with Gasteiger partial charge in [-0.15, -0.1) is 0 Å². The zero-order chi connectivity index (χ0) is 16.8. The van der Waals surface area contributed by atoms with Crippen molar-refractivity contribution in [1.82, 2.24) is 0 Å². The van der Waals surface area contributed by atoms with Crippen LogP contribution in [0.25, 0.3) is 0 Å². The van der Waals surface area contributed by atoms with Gasteiger partial charge in [-0.1, -0.05) is 30.3 Å². The van der Waals surface area contributed by atoms with E-state index in [0.29, 0.717) is 0 Å². The molecule has 0 spiro atoms. The lowest BCUT2D eigenvalue weighted by molar-refractivity contribution is 0.414. The van der Waals surface area contributed by atoms with Crippen molar-refractivity contribution in [3.63, 3.8) is 0 Å². The van der Waals surface area contributed by atoms with Crippen molar-refractivity contribution in [2.24, 2.45) is 4.99 Å². The monoisotopic (exact) mass is 317 g/mol. The maximum absolute atomic E-state index is 5.24. The van der Waals surface area contributed by atoms with Gasteiger partial charge < -0.3 is 9.47 Å². The van der Waals surface area contributed by atoms with Crippen LogP contribution in [0.1, 0.15) is 11.1 Å². The van der Waals surface area contributed by atoms with Crippen molar-refractivity contribution in [3.05, 3.63) is 90.0 Å². The SMILES string of the molecule is COc1ccc(N=C(c2ccccc2)c2ccc(OC)cc2)cc1. The summed E-state index contributed by atoms with van der Waals surface area (Å²) in [6.45, 7) is 0. The lowest BCUT2D eigenvalue weighted by atomic mass is 10.0. The van der Waals surface area contributed by atoms with Crippen LogP contribution in [0.5, 0.6) is 11.5 Å². The van der Waals surface area contributed by atoms with Gasteiger partial charge in [0.2, 0.25) is 0 Å². The van der Waals surface area contributed by atoms with Crippen LogP contribution in [0, 0.1) is 0 Å². The molecular formula is C21H19NO2. The van der Waals surface area contributed by atoms with E-state index in [0.717, 1.165) is 34.0 Å². The minimum atomic E-state index is 0.819. The van der Waals surface area contributed by atoms with Crippen LogP contribution in [-0.4, -0.2) is 19.9 Å². The third kappa shape index (κ3) is 3.63. The molecule has 0 amide bonds. The zero-order valence-corrected chi connectivity index (χ0v) is 13.8. The van der Waals surface area contributed by atoms with Crippen LogP contribution >= 0.6 is 0 Å². The molecule has 0 bridgehead atoms. The Kier molecular flexibility index (Phi) is 4.92. The van der Waals surface area contributed by atoms with E-state index >= 15 is 0 Å². The first-order chi connectivity index (χ1) is 11.8. The maximum atomic E-state index is 5.24. The van der Waals surface area contributed by atoms with E-state index < -0.39 is 0 Å². The molecule has 0 aliphatic carbocycles. The standard InChI is InChI=1S/C21H19NO2/c1-23-19-12-8-17(9-13-19)21(16-6-4-3-5-7-16)22-18-10-14-20(24-2)15-11-18/h3-15H,1-2H3. The molecule has 3 aromatic carbocycles. The molecule has 0 aliphatic rings. The third-order valence-corrected chi connectivity index (χ3v) is 3.72. The Bertz CT molecular complexity index is 807. The number of nitrogens with zero attached hydrogens (tertiary/aromatic N) is 1. The third-order valence-electron chi connectivity index (χ3n) is 3.72. The van der Waals surface area contributed by atoms with E-state index in [1.165, 1.54) is 0 Å². The van der Waals surface area contributed by atoms with E-state index in [-0.39, 0.29) is 0 Å². The second kappa shape index (κ2) is 7.47. The van der Waals surface area contributed by atoms with Crippen LogP contribution in [-0.2, 0) is 0 Å². The smallest absolute Gasteiger partial charge is 0.119 e. The summed E-state index contributed by atoms with van der Waals surface area (Å²) in [5.74, 6) is 1.65. The average molecular weight is 317 g/mol. The molecule has 0 aromatic heterocycles. The lowest BCUT2D eigenvalue weighted by Crippen LogP contribution is -2.02. The molecule has 0 aliphatic heterocycles. The summed E-state index contributed by atoms with van der Waals surface area (Å²) in [6.07, 6.45) is 0. The van der Waals surface area contributed by atoms with Gasteiger partial charge >= 0.3 is 0 Å². The predicted molar refractivity (Wildman–Crippen MR) is 97.7 cm³/mol. The van der Waals surface area contributed by atoms with Gasteiger partial charge in [-0.2, -0.15) is 0 Å². The molecular weight excluding hydrogens is 298 g/mol. The minimum absolute atomic E-state index is 0.819. The molecule has 3 aromatic rings. The summed E-state index contributed by atoms with van der Waals surface area (Å²) in [7, 11) is 3.32. The summed E-state index contributed by atoms with van der Waals surface area (Å²) in [6, 6.07) is 25.8. The first-order valence-corrected chi connectivity index (χ1v) is 7.73. The lowest BCUT2D eigenvalue weighted by Gasteiger charge is -2.09. The Morgan fingerprint density at radius 3 is 1.67 bits per heavy atom. The molecule has 3 heteroatoms. The summed E-state index contributed by atoms with van der Waals surface area (Å²) < 4.78 is 10.5. The first-order valence-electron chi connectivity index (χ1n) is 7.73. The number of methoxy groups -OCH3 is 2. The Morgan fingerprint density at radius 1 is 0.625 bits per heavy atom. The number of aliphatic imine (C=N–C) groups is 1. The van der Waals surface area contributed by atoms with Gasteiger partial charge in [0.05, 0.1) is 25.6 Å². The number of rotatable bonds is 5. The van der Waals surface area contributed by atoms with Crippen molar-refractivity contribution in [3.8, 4) is 11.5 Å². The predicted octanol–water partition coefficient (Wildman–Crippen LogP) is 4.87. The van der Waals surface area contributed by atoms with Crippen molar-refractivity contribution >= 4 is 11.4 Å². The minimum Gasteiger partial charge on any atom is -0.497 e. The zero-order valence-electron chi connectivity index (χ0n) is 13.8. The molecule has 0 radical (unpaired) electrons. The number of hydrogen-bond donors (Lipinski definition) is 0. The molecule has 0 N–H and O–H groups in total. The Hall–Kier alpha value is -3.07. The van der Waals surface area contributed by atoms with Crippen LogP contribution in [0.4, 0.5) is 5.69 Å². The van der Waals surface area contributed by atoms with Crippen LogP contribution in [0.2, 0.25) is 0 Å².